The van der Waals surface area contributed by atoms with Crippen molar-refractivity contribution in [3.63, 3.8) is 0 Å². The van der Waals surface area contributed by atoms with E-state index in [1.165, 1.54) is 22.2 Å². The van der Waals surface area contributed by atoms with Gasteiger partial charge in [-0.1, -0.05) is 23.4 Å². The second-order valence-electron chi connectivity index (χ2n) is 5.57. The highest BCUT2D eigenvalue weighted by molar-refractivity contribution is 7.99. The third-order valence-electron chi connectivity index (χ3n) is 4.00. The number of thiophene rings is 1. The second kappa shape index (κ2) is 7.15. The summed E-state index contributed by atoms with van der Waals surface area (Å²) >= 11 is 9.03. The zero-order valence-electron chi connectivity index (χ0n) is 13.1. The summed E-state index contributed by atoms with van der Waals surface area (Å²) in [6, 6.07) is 9.35. The average molecular weight is 392 g/mol. The molecular weight excluding hydrogens is 378 g/mol. The van der Waals surface area contributed by atoms with Crippen LogP contribution in [0.2, 0.25) is 5.02 Å². The zero-order chi connectivity index (χ0) is 17.2. The van der Waals surface area contributed by atoms with E-state index >= 15 is 0 Å². The Kier molecular flexibility index (Phi) is 4.74. The number of hydrogen-bond acceptors (Lipinski definition) is 6. The van der Waals surface area contributed by atoms with Gasteiger partial charge in [0.25, 0.3) is 0 Å². The molecule has 0 spiro atoms. The minimum atomic E-state index is 0.104. The number of aromatic nitrogens is 4. The first-order valence-electron chi connectivity index (χ1n) is 7.71. The number of nitrogens with zero attached hydrogens (tertiary/aromatic N) is 5. The number of tetrazole rings is 1. The number of thioether (sulfide) groups is 1. The van der Waals surface area contributed by atoms with Crippen LogP contribution in [0, 0.1) is 0 Å². The third kappa shape index (κ3) is 3.56. The van der Waals surface area contributed by atoms with Crippen LogP contribution in [0.25, 0.3) is 5.69 Å². The molecule has 0 N–H and O–H groups in total. The summed E-state index contributed by atoms with van der Waals surface area (Å²) in [7, 11) is 0. The van der Waals surface area contributed by atoms with E-state index in [1.54, 1.807) is 28.2 Å². The summed E-state index contributed by atoms with van der Waals surface area (Å²) in [5.41, 5.74) is 2.07. The van der Waals surface area contributed by atoms with E-state index in [1.807, 2.05) is 17.0 Å². The quantitative estimate of drug-likeness (QED) is 0.639. The number of fused-ring (bicyclic) bond motifs is 1. The topological polar surface area (TPSA) is 63.9 Å². The maximum absolute atomic E-state index is 12.5. The molecule has 1 aliphatic rings. The van der Waals surface area contributed by atoms with E-state index in [4.69, 9.17) is 11.6 Å². The van der Waals surface area contributed by atoms with Gasteiger partial charge >= 0.3 is 0 Å². The maximum atomic E-state index is 12.5. The van der Waals surface area contributed by atoms with Crippen LogP contribution in [-0.2, 0) is 17.8 Å². The number of amides is 1. The molecule has 0 atom stereocenters. The number of benzene rings is 1. The minimum Gasteiger partial charge on any atom is -0.337 e. The first-order chi connectivity index (χ1) is 12.2. The lowest BCUT2D eigenvalue weighted by atomic mass is 10.1. The number of rotatable bonds is 4. The van der Waals surface area contributed by atoms with Gasteiger partial charge in [-0.15, -0.1) is 16.4 Å². The molecule has 0 bridgehead atoms. The molecule has 128 valence electrons. The Morgan fingerprint density at radius 3 is 2.96 bits per heavy atom. The summed E-state index contributed by atoms with van der Waals surface area (Å²) in [6.45, 7) is 1.47. The van der Waals surface area contributed by atoms with Crippen LogP contribution in [0.1, 0.15) is 10.4 Å². The van der Waals surface area contributed by atoms with Crippen molar-refractivity contribution in [2.75, 3.05) is 12.3 Å². The highest BCUT2D eigenvalue weighted by Gasteiger charge is 2.22. The van der Waals surface area contributed by atoms with E-state index in [-0.39, 0.29) is 5.91 Å². The molecule has 1 aromatic carbocycles. The van der Waals surface area contributed by atoms with Crippen molar-refractivity contribution in [2.45, 2.75) is 18.1 Å². The van der Waals surface area contributed by atoms with Gasteiger partial charge in [0.15, 0.2) is 0 Å². The van der Waals surface area contributed by atoms with Crippen LogP contribution in [-0.4, -0.2) is 43.3 Å². The fourth-order valence-electron chi connectivity index (χ4n) is 2.69. The van der Waals surface area contributed by atoms with Crippen molar-refractivity contribution in [3.05, 3.63) is 51.2 Å². The second-order valence-corrected chi connectivity index (χ2v) is 7.95. The smallest absolute Gasteiger partial charge is 0.233 e. The van der Waals surface area contributed by atoms with Crippen LogP contribution in [0.15, 0.2) is 40.9 Å². The molecule has 4 rings (SSSR count). The van der Waals surface area contributed by atoms with Gasteiger partial charge < -0.3 is 4.90 Å². The Bertz CT molecular complexity index is 892. The van der Waals surface area contributed by atoms with E-state index in [9.17, 15) is 4.79 Å². The molecule has 1 amide bonds. The van der Waals surface area contributed by atoms with Crippen molar-refractivity contribution in [2.24, 2.45) is 0 Å². The molecule has 3 heterocycles. The Morgan fingerprint density at radius 2 is 2.12 bits per heavy atom. The van der Waals surface area contributed by atoms with Crippen molar-refractivity contribution in [3.8, 4) is 5.69 Å². The van der Waals surface area contributed by atoms with Crippen LogP contribution in [0.5, 0.6) is 0 Å². The van der Waals surface area contributed by atoms with Crippen LogP contribution in [0.4, 0.5) is 0 Å². The molecule has 9 heteroatoms. The van der Waals surface area contributed by atoms with E-state index in [2.05, 4.69) is 27.0 Å². The molecule has 2 aromatic heterocycles. The first kappa shape index (κ1) is 16.6. The number of carbonyl (C=O) groups excluding carboxylic acids is 1. The predicted molar refractivity (Wildman–Crippen MR) is 98.3 cm³/mol. The molecule has 25 heavy (non-hydrogen) atoms. The summed E-state index contributed by atoms with van der Waals surface area (Å²) in [6.07, 6.45) is 0.936. The molecule has 0 unspecified atom stereocenters. The summed E-state index contributed by atoms with van der Waals surface area (Å²) < 4.78 is 1.61. The fourth-order valence-corrected chi connectivity index (χ4v) is 4.50. The number of carbonyl (C=O) groups is 1. The van der Waals surface area contributed by atoms with Gasteiger partial charge in [0.2, 0.25) is 11.1 Å². The monoisotopic (exact) mass is 391 g/mol. The lowest BCUT2D eigenvalue weighted by molar-refractivity contribution is -0.129. The van der Waals surface area contributed by atoms with Crippen molar-refractivity contribution < 1.29 is 4.79 Å². The largest absolute Gasteiger partial charge is 0.337 e. The Morgan fingerprint density at radius 1 is 1.28 bits per heavy atom. The molecule has 1 aliphatic heterocycles. The van der Waals surface area contributed by atoms with Crippen molar-refractivity contribution in [1.82, 2.24) is 25.1 Å². The van der Waals surface area contributed by atoms with Gasteiger partial charge in [-0.2, -0.15) is 4.68 Å². The predicted octanol–water partition coefficient (Wildman–Crippen LogP) is 3.05. The highest BCUT2D eigenvalue weighted by atomic mass is 35.5. The molecule has 3 aromatic rings. The first-order valence-corrected chi connectivity index (χ1v) is 9.95. The normalized spacial score (nSPS) is 13.7. The van der Waals surface area contributed by atoms with Gasteiger partial charge in [-0.05, 0) is 58.1 Å². The van der Waals surface area contributed by atoms with Crippen LogP contribution < -0.4 is 0 Å². The summed E-state index contributed by atoms with van der Waals surface area (Å²) in [4.78, 5) is 15.8. The van der Waals surface area contributed by atoms with Gasteiger partial charge in [-0.3, -0.25) is 4.79 Å². The van der Waals surface area contributed by atoms with E-state index < -0.39 is 0 Å². The SMILES string of the molecule is O=C(CSc1nnnn1-c1ccc(Cl)cc1)N1CCc2sccc2C1. The lowest BCUT2D eigenvalue weighted by Crippen LogP contribution is -2.36. The number of hydrogen-bond donors (Lipinski definition) is 0. The Balaban J connectivity index is 1.41. The van der Waals surface area contributed by atoms with E-state index in [0.29, 0.717) is 22.5 Å². The Labute approximate surface area is 157 Å². The molecule has 0 aliphatic carbocycles. The van der Waals surface area contributed by atoms with Gasteiger partial charge in [0.05, 0.1) is 11.4 Å². The maximum Gasteiger partial charge on any atom is 0.233 e. The van der Waals surface area contributed by atoms with Crippen LogP contribution >= 0.6 is 34.7 Å². The third-order valence-corrected chi connectivity index (χ3v) is 6.18. The molecule has 0 radical (unpaired) electrons. The minimum absolute atomic E-state index is 0.104. The Hall–Kier alpha value is -1.90. The molecule has 0 saturated heterocycles. The van der Waals surface area contributed by atoms with E-state index in [0.717, 1.165) is 18.7 Å². The lowest BCUT2D eigenvalue weighted by Gasteiger charge is -2.26. The fraction of sp³-hybridized carbons (Fsp3) is 0.250. The molecule has 6 nitrogen and oxygen atoms in total. The molecule has 0 saturated carbocycles. The van der Waals surface area contributed by atoms with Gasteiger partial charge in [-0.25, -0.2) is 0 Å². The van der Waals surface area contributed by atoms with Crippen molar-refractivity contribution in [1.29, 1.82) is 0 Å². The van der Waals surface area contributed by atoms with Gasteiger partial charge in [0.1, 0.15) is 0 Å². The van der Waals surface area contributed by atoms with Gasteiger partial charge in [0, 0.05) is 23.0 Å². The summed E-state index contributed by atoms with van der Waals surface area (Å²) in [5.74, 6) is 0.417. The standard InChI is InChI=1S/C16H14ClN5OS2/c17-12-1-3-13(4-2-12)22-16(18-19-20-22)25-10-15(23)21-7-5-14-11(9-21)6-8-24-14/h1-4,6,8H,5,7,9-10H2. The zero-order valence-corrected chi connectivity index (χ0v) is 15.5. The number of halogens is 1. The summed E-state index contributed by atoms with van der Waals surface area (Å²) in [5, 5.41) is 15.1. The van der Waals surface area contributed by atoms with Crippen molar-refractivity contribution >= 4 is 40.6 Å². The molecule has 0 fully saturated rings. The van der Waals surface area contributed by atoms with Crippen LogP contribution in [0.3, 0.4) is 0 Å². The highest BCUT2D eigenvalue weighted by Crippen LogP contribution is 2.25. The average Bonchev–Trinajstić information content (AvgIpc) is 3.28. The molecular formula is C16H14ClN5OS2.